The SMILES string of the molecule is C=CCN1CC(=O)N2[C@@H](Cc3ccc(O)cc3)C(=O)N(Cc3cccc4c(C(=O)N5CCN(C6CC6)CC5)cn(C)c34)C[C@@H]2N1C(=O)CCc1ccccc1. The molecule has 2 atom stereocenters. The van der Waals surface area contributed by atoms with Crippen molar-refractivity contribution in [2.45, 2.75) is 56.9 Å². The second-order valence-corrected chi connectivity index (χ2v) is 15.3. The topological polar surface area (TPSA) is 113 Å². The highest BCUT2D eigenvalue weighted by atomic mass is 16.3. The molecule has 4 aliphatic rings. The van der Waals surface area contributed by atoms with Crippen LogP contribution in [-0.4, -0.2) is 127 Å². The Morgan fingerprint density at radius 2 is 1.65 bits per heavy atom. The van der Waals surface area contributed by atoms with E-state index in [4.69, 9.17) is 0 Å². The van der Waals surface area contributed by atoms with E-state index in [0.29, 0.717) is 37.7 Å². The van der Waals surface area contributed by atoms with Crippen molar-refractivity contribution < 1.29 is 24.3 Å². The minimum absolute atomic E-state index is 0.0181. The Labute approximate surface area is 321 Å². The number of phenols is 1. The number of piperazine rings is 2. The van der Waals surface area contributed by atoms with Crippen LogP contribution in [0.4, 0.5) is 0 Å². The number of benzene rings is 3. The fourth-order valence-electron chi connectivity index (χ4n) is 8.73. The number of rotatable bonds is 11. The van der Waals surface area contributed by atoms with Gasteiger partial charge in [0.25, 0.3) is 5.91 Å². The highest BCUT2D eigenvalue weighted by molar-refractivity contribution is 6.07. The molecular formula is C43H49N7O5. The summed E-state index contributed by atoms with van der Waals surface area (Å²) in [4.78, 5) is 64.8. The number of aromatic nitrogens is 1. The van der Waals surface area contributed by atoms with Gasteiger partial charge >= 0.3 is 0 Å². The number of amides is 4. The predicted octanol–water partition coefficient (Wildman–Crippen LogP) is 3.79. The number of carbonyl (C=O) groups excluding carboxylic acids is 4. The maximum absolute atomic E-state index is 14.7. The molecule has 1 aliphatic carbocycles. The van der Waals surface area contributed by atoms with E-state index in [2.05, 4.69) is 11.5 Å². The van der Waals surface area contributed by atoms with Crippen LogP contribution in [0.25, 0.3) is 10.9 Å². The highest BCUT2D eigenvalue weighted by Gasteiger charge is 2.51. The van der Waals surface area contributed by atoms with Gasteiger partial charge in [-0.1, -0.05) is 66.7 Å². The zero-order chi connectivity index (χ0) is 38.2. The van der Waals surface area contributed by atoms with E-state index >= 15 is 0 Å². The highest BCUT2D eigenvalue weighted by Crippen LogP contribution is 2.33. The second kappa shape index (κ2) is 15.3. The normalized spacial score (nSPS) is 21.0. The van der Waals surface area contributed by atoms with Crippen molar-refractivity contribution in [2.75, 3.05) is 45.8 Å². The zero-order valence-electron chi connectivity index (χ0n) is 31.4. The molecule has 0 spiro atoms. The standard InChI is InChI=1S/C43H49N7O5/c1-3-20-48-29-40(53)49-37(25-31-12-17-34(51)18-13-31)43(55)47(28-38(49)50(48)39(52)19-14-30-8-5-4-6-9-30)26-32-10-7-11-35-36(27-44(2)41(32)35)42(54)46-23-21-45(22-24-46)33-15-16-33/h3-13,17-18,27,33,37-38,51H,1,14-16,19-26,28-29H2,2H3/t37-,38-/m0/s1. The number of para-hydroxylation sites is 1. The molecule has 4 heterocycles. The summed E-state index contributed by atoms with van der Waals surface area (Å²) in [5.74, 6) is -0.471. The van der Waals surface area contributed by atoms with Crippen molar-refractivity contribution >= 4 is 34.5 Å². The van der Waals surface area contributed by atoms with Crippen molar-refractivity contribution in [1.29, 1.82) is 0 Å². The van der Waals surface area contributed by atoms with Gasteiger partial charge in [0.2, 0.25) is 17.7 Å². The fourth-order valence-corrected chi connectivity index (χ4v) is 8.73. The first kappa shape index (κ1) is 36.5. The van der Waals surface area contributed by atoms with Gasteiger partial charge < -0.3 is 24.4 Å². The number of hydrogen-bond donors (Lipinski definition) is 1. The van der Waals surface area contributed by atoms with E-state index in [1.165, 1.54) is 12.8 Å². The van der Waals surface area contributed by atoms with E-state index in [-0.39, 0.29) is 61.9 Å². The molecule has 3 aliphatic heterocycles. The number of carbonyl (C=O) groups is 4. The van der Waals surface area contributed by atoms with E-state index in [9.17, 15) is 24.3 Å². The molecule has 8 rings (SSSR count). The number of fused-ring (bicyclic) bond motifs is 2. The molecule has 4 aromatic rings. The minimum Gasteiger partial charge on any atom is -0.508 e. The van der Waals surface area contributed by atoms with Crippen molar-refractivity contribution in [3.8, 4) is 5.75 Å². The van der Waals surface area contributed by atoms with Crippen LogP contribution < -0.4 is 0 Å². The lowest BCUT2D eigenvalue weighted by Gasteiger charge is -2.55. The first-order valence-corrected chi connectivity index (χ1v) is 19.4. The average Bonchev–Trinajstić information content (AvgIpc) is 3.99. The van der Waals surface area contributed by atoms with Gasteiger partial charge in [0.15, 0.2) is 0 Å². The lowest BCUT2D eigenvalue weighted by Crippen LogP contribution is -2.75. The molecule has 1 saturated carbocycles. The van der Waals surface area contributed by atoms with Crippen molar-refractivity contribution in [3.05, 3.63) is 114 Å². The molecular weight excluding hydrogens is 695 g/mol. The van der Waals surface area contributed by atoms with E-state index in [0.717, 1.165) is 40.7 Å². The molecule has 12 heteroatoms. The van der Waals surface area contributed by atoms with Gasteiger partial charge in [-0.15, -0.1) is 6.58 Å². The number of phenolic OH excluding ortho intramolecular Hbond substituents is 1. The van der Waals surface area contributed by atoms with Crippen LogP contribution in [0.2, 0.25) is 0 Å². The third kappa shape index (κ3) is 7.36. The minimum atomic E-state index is -0.884. The van der Waals surface area contributed by atoms with E-state index in [1.807, 2.05) is 71.2 Å². The Kier molecular flexibility index (Phi) is 10.2. The van der Waals surface area contributed by atoms with Crippen LogP contribution in [0.5, 0.6) is 5.75 Å². The van der Waals surface area contributed by atoms with Crippen LogP contribution in [0.15, 0.2) is 91.6 Å². The summed E-state index contributed by atoms with van der Waals surface area (Å²) in [7, 11) is 1.93. The lowest BCUT2D eigenvalue weighted by molar-refractivity contribution is -0.205. The van der Waals surface area contributed by atoms with Gasteiger partial charge in [-0.3, -0.25) is 24.1 Å². The number of aromatic hydroxyl groups is 1. The summed E-state index contributed by atoms with van der Waals surface area (Å²) in [5.41, 5.74) is 4.21. The van der Waals surface area contributed by atoms with E-state index < -0.39 is 12.2 Å². The number of hydrogen-bond acceptors (Lipinski definition) is 7. The molecule has 0 unspecified atom stereocenters. The van der Waals surface area contributed by atoms with Crippen molar-refractivity contribution in [1.82, 2.24) is 34.2 Å². The molecule has 0 bridgehead atoms. The van der Waals surface area contributed by atoms with Gasteiger partial charge in [-0.05, 0) is 48.1 Å². The van der Waals surface area contributed by atoms with Crippen LogP contribution in [0, 0.1) is 0 Å². The third-order valence-corrected chi connectivity index (χ3v) is 11.6. The molecule has 3 aromatic carbocycles. The van der Waals surface area contributed by atoms with Gasteiger partial charge in [-0.25, -0.2) is 10.0 Å². The first-order valence-electron chi connectivity index (χ1n) is 19.4. The summed E-state index contributed by atoms with van der Waals surface area (Å²) in [5, 5.41) is 14.2. The lowest BCUT2D eigenvalue weighted by atomic mass is 9.97. The predicted molar refractivity (Wildman–Crippen MR) is 208 cm³/mol. The molecule has 1 aromatic heterocycles. The Morgan fingerprint density at radius 3 is 2.36 bits per heavy atom. The fraction of sp³-hybridized carbons (Fsp3) is 0.395. The molecule has 286 valence electrons. The average molecular weight is 744 g/mol. The molecule has 3 saturated heterocycles. The molecule has 12 nitrogen and oxygen atoms in total. The van der Waals surface area contributed by atoms with Gasteiger partial charge in [0, 0.05) is 76.8 Å². The molecule has 1 N–H and O–H groups in total. The maximum Gasteiger partial charge on any atom is 0.256 e. The summed E-state index contributed by atoms with van der Waals surface area (Å²) in [6.45, 7) is 7.66. The molecule has 4 fully saturated rings. The molecule has 4 amide bonds. The molecule has 55 heavy (non-hydrogen) atoms. The van der Waals surface area contributed by atoms with Crippen LogP contribution >= 0.6 is 0 Å². The third-order valence-electron chi connectivity index (χ3n) is 11.6. The zero-order valence-corrected chi connectivity index (χ0v) is 31.4. The van der Waals surface area contributed by atoms with Crippen LogP contribution in [0.3, 0.4) is 0 Å². The summed E-state index contributed by atoms with van der Waals surface area (Å²) in [6.07, 6.45) is 6.31. The second-order valence-electron chi connectivity index (χ2n) is 15.3. The molecule has 0 radical (unpaired) electrons. The van der Waals surface area contributed by atoms with Crippen molar-refractivity contribution in [3.63, 3.8) is 0 Å². The number of aryl methyl sites for hydroxylation is 2. The smallest absolute Gasteiger partial charge is 0.256 e. The number of hydrazine groups is 1. The Bertz CT molecular complexity index is 2090. The van der Waals surface area contributed by atoms with Crippen molar-refractivity contribution in [2.24, 2.45) is 7.05 Å². The Morgan fingerprint density at radius 1 is 0.909 bits per heavy atom. The quantitative estimate of drug-likeness (QED) is 0.233. The Balaban J connectivity index is 1.11. The summed E-state index contributed by atoms with van der Waals surface area (Å²) in [6, 6.07) is 22.2. The van der Waals surface area contributed by atoms with Crippen LogP contribution in [0.1, 0.15) is 46.3 Å². The van der Waals surface area contributed by atoms with E-state index in [1.54, 1.807) is 50.2 Å². The summed E-state index contributed by atoms with van der Waals surface area (Å²) < 4.78 is 1.97. The maximum atomic E-state index is 14.7. The van der Waals surface area contributed by atoms with Gasteiger partial charge in [-0.2, -0.15) is 0 Å². The monoisotopic (exact) mass is 743 g/mol. The van der Waals surface area contributed by atoms with Crippen LogP contribution in [-0.2, 0) is 40.8 Å². The number of nitrogens with zero attached hydrogens (tertiary/aromatic N) is 7. The van der Waals surface area contributed by atoms with Gasteiger partial charge in [0.05, 0.1) is 24.2 Å². The largest absolute Gasteiger partial charge is 0.508 e. The summed E-state index contributed by atoms with van der Waals surface area (Å²) >= 11 is 0. The van der Waals surface area contributed by atoms with Gasteiger partial charge in [0.1, 0.15) is 18.0 Å². The Hall–Kier alpha value is -5.46. The first-order chi connectivity index (χ1) is 26.7.